The van der Waals surface area contributed by atoms with Crippen molar-refractivity contribution in [3.63, 3.8) is 0 Å². The number of fused-ring (bicyclic) bond motifs is 1. The summed E-state index contributed by atoms with van der Waals surface area (Å²) in [6, 6.07) is 0. The summed E-state index contributed by atoms with van der Waals surface area (Å²) in [7, 11) is 1.12. The molecule has 0 aromatic rings. The first-order valence-corrected chi connectivity index (χ1v) is 7.89. The number of Topliss-reactive ketones (excluding diaryl/α,β-unsaturated/α-hetero) is 1. The second-order valence-electron chi connectivity index (χ2n) is 6.32. The summed E-state index contributed by atoms with van der Waals surface area (Å²) < 4.78 is 9.71. The average molecular weight is 348 g/mol. The fraction of sp³-hybridized carbons (Fsp3) is 0.444. The van der Waals surface area contributed by atoms with Crippen LogP contribution in [0.5, 0.6) is 0 Å². The topological polar surface area (TPSA) is 107 Å². The third-order valence-corrected chi connectivity index (χ3v) is 3.90. The SMILES string of the molecule is COC(=O)/C1=C/C(=O)C[C@](C)(O)C[C@H]2C=C(/C=C\CCC1=O)C(=O)O2. The fourth-order valence-corrected chi connectivity index (χ4v) is 2.75. The van der Waals surface area contributed by atoms with E-state index in [1.54, 1.807) is 18.2 Å². The Morgan fingerprint density at radius 3 is 2.76 bits per heavy atom. The van der Waals surface area contributed by atoms with Crippen LogP contribution in [-0.4, -0.2) is 47.4 Å². The average Bonchev–Trinajstić information content (AvgIpc) is 2.85. The zero-order valence-corrected chi connectivity index (χ0v) is 14.1. The van der Waals surface area contributed by atoms with Gasteiger partial charge in [0.2, 0.25) is 0 Å². The van der Waals surface area contributed by atoms with Gasteiger partial charge in [0, 0.05) is 19.3 Å². The van der Waals surface area contributed by atoms with Crippen LogP contribution in [0.25, 0.3) is 0 Å². The highest BCUT2D eigenvalue weighted by molar-refractivity contribution is 6.20. The Balaban J connectivity index is 2.34. The lowest BCUT2D eigenvalue weighted by Crippen LogP contribution is -2.32. The zero-order valence-electron chi connectivity index (χ0n) is 14.1. The minimum atomic E-state index is -1.47. The Bertz CT molecular complexity index is 694. The number of esters is 2. The molecule has 7 nitrogen and oxygen atoms in total. The molecule has 1 N–H and O–H groups in total. The quantitative estimate of drug-likeness (QED) is 0.555. The number of ketones is 2. The number of hydrogen-bond donors (Lipinski definition) is 1. The van der Waals surface area contributed by atoms with Crippen molar-refractivity contribution >= 4 is 23.5 Å². The molecule has 1 heterocycles. The molecule has 0 saturated carbocycles. The van der Waals surface area contributed by atoms with E-state index in [2.05, 4.69) is 4.74 Å². The van der Waals surface area contributed by atoms with Gasteiger partial charge in [0.05, 0.1) is 18.3 Å². The van der Waals surface area contributed by atoms with E-state index in [1.807, 2.05) is 0 Å². The van der Waals surface area contributed by atoms with Crippen molar-refractivity contribution in [3.8, 4) is 0 Å². The van der Waals surface area contributed by atoms with Gasteiger partial charge in [-0.1, -0.05) is 12.2 Å². The van der Waals surface area contributed by atoms with Gasteiger partial charge < -0.3 is 14.6 Å². The molecule has 0 radical (unpaired) electrons. The van der Waals surface area contributed by atoms with Crippen molar-refractivity contribution in [2.45, 2.75) is 44.3 Å². The number of carbonyl (C=O) groups is 4. The molecule has 1 aliphatic carbocycles. The number of ether oxygens (including phenoxy) is 2. The van der Waals surface area contributed by atoms with Gasteiger partial charge in [0.1, 0.15) is 11.7 Å². The maximum atomic E-state index is 12.2. The van der Waals surface area contributed by atoms with E-state index in [1.165, 1.54) is 6.92 Å². The van der Waals surface area contributed by atoms with Crippen LogP contribution >= 0.6 is 0 Å². The van der Waals surface area contributed by atoms with Crippen molar-refractivity contribution in [1.82, 2.24) is 0 Å². The Morgan fingerprint density at radius 1 is 1.36 bits per heavy atom. The Hall–Kier alpha value is -2.54. The van der Waals surface area contributed by atoms with E-state index in [0.717, 1.165) is 13.2 Å². The molecule has 0 unspecified atom stereocenters. The van der Waals surface area contributed by atoms with Crippen molar-refractivity contribution in [2.75, 3.05) is 7.11 Å². The minimum absolute atomic E-state index is 0.0210. The summed E-state index contributed by atoms with van der Waals surface area (Å²) in [6.45, 7) is 1.43. The van der Waals surface area contributed by atoms with Crippen LogP contribution in [0, 0.1) is 0 Å². The standard InChI is InChI=1S/C18H20O7/c1-18(23)9-12(19)8-14(17(22)24-2)15(20)6-4-3-5-11-7-13(10-18)25-16(11)21/h3,5,7-8,13,23H,4,6,9-10H2,1-2H3/b5-3-,14-8+/t13-,18+/m1/s1. The molecule has 2 bridgehead atoms. The van der Waals surface area contributed by atoms with E-state index < -0.39 is 35.2 Å². The highest BCUT2D eigenvalue weighted by Gasteiger charge is 2.33. The van der Waals surface area contributed by atoms with E-state index in [0.29, 0.717) is 5.57 Å². The molecule has 25 heavy (non-hydrogen) atoms. The van der Waals surface area contributed by atoms with Gasteiger partial charge >= 0.3 is 11.9 Å². The highest BCUT2D eigenvalue weighted by atomic mass is 16.5. The maximum Gasteiger partial charge on any atom is 0.341 e. The van der Waals surface area contributed by atoms with Gasteiger partial charge in [0.15, 0.2) is 11.6 Å². The molecular formula is C18H20O7. The molecule has 7 heteroatoms. The monoisotopic (exact) mass is 348 g/mol. The van der Waals surface area contributed by atoms with E-state index in [-0.39, 0.29) is 31.3 Å². The van der Waals surface area contributed by atoms with E-state index in [9.17, 15) is 24.3 Å². The van der Waals surface area contributed by atoms with Gasteiger partial charge in [-0.05, 0) is 25.5 Å². The summed E-state index contributed by atoms with van der Waals surface area (Å²) in [5.41, 5.74) is -1.48. The molecule has 134 valence electrons. The van der Waals surface area contributed by atoms with Crippen LogP contribution in [0.3, 0.4) is 0 Å². The molecule has 0 aromatic heterocycles. The van der Waals surface area contributed by atoms with Crippen LogP contribution in [-0.2, 0) is 28.7 Å². The predicted molar refractivity (Wildman–Crippen MR) is 86.3 cm³/mol. The van der Waals surface area contributed by atoms with Gasteiger partial charge in [-0.3, -0.25) is 9.59 Å². The fourth-order valence-electron chi connectivity index (χ4n) is 2.75. The van der Waals surface area contributed by atoms with Crippen LogP contribution in [0.1, 0.15) is 32.6 Å². The first-order chi connectivity index (χ1) is 11.7. The number of carbonyl (C=O) groups excluding carboxylic acids is 4. The van der Waals surface area contributed by atoms with Crippen LogP contribution in [0.4, 0.5) is 0 Å². The number of aliphatic hydroxyl groups is 1. The third-order valence-electron chi connectivity index (χ3n) is 3.90. The second-order valence-corrected chi connectivity index (χ2v) is 6.32. The predicted octanol–water partition coefficient (Wildman–Crippen LogP) is 0.957. The molecule has 2 rings (SSSR count). The zero-order chi connectivity index (χ0) is 18.6. The van der Waals surface area contributed by atoms with Crippen molar-refractivity contribution < 1.29 is 33.8 Å². The molecule has 0 spiro atoms. The van der Waals surface area contributed by atoms with Crippen LogP contribution in [0.2, 0.25) is 0 Å². The van der Waals surface area contributed by atoms with E-state index in [4.69, 9.17) is 4.74 Å². The Labute approximate surface area is 145 Å². The molecule has 2 atom stereocenters. The summed E-state index contributed by atoms with van der Waals surface area (Å²) in [4.78, 5) is 47.9. The van der Waals surface area contributed by atoms with Gasteiger partial charge in [-0.2, -0.15) is 0 Å². The lowest BCUT2D eigenvalue weighted by Gasteiger charge is -2.24. The normalized spacial score (nSPS) is 31.3. The third kappa shape index (κ3) is 4.96. The van der Waals surface area contributed by atoms with E-state index >= 15 is 0 Å². The number of hydrogen-bond acceptors (Lipinski definition) is 7. The van der Waals surface area contributed by atoms with Crippen LogP contribution < -0.4 is 0 Å². The smallest absolute Gasteiger partial charge is 0.341 e. The van der Waals surface area contributed by atoms with Crippen molar-refractivity contribution in [3.05, 3.63) is 35.5 Å². The first-order valence-electron chi connectivity index (χ1n) is 7.89. The lowest BCUT2D eigenvalue weighted by molar-refractivity contribution is -0.142. The summed E-state index contributed by atoms with van der Waals surface area (Å²) in [5, 5.41) is 10.4. The Morgan fingerprint density at radius 2 is 2.08 bits per heavy atom. The Kier molecular flexibility index (Phi) is 5.69. The van der Waals surface area contributed by atoms with Crippen molar-refractivity contribution in [1.29, 1.82) is 0 Å². The second kappa shape index (κ2) is 7.57. The van der Waals surface area contributed by atoms with Gasteiger partial charge in [-0.25, -0.2) is 9.59 Å². The number of allylic oxidation sites excluding steroid dienone is 2. The first kappa shape index (κ1) is 18.8. The molecule has 0 aromatic carbocycles. The largest absolute Gasteiger partial charge is 0.465 e. The molecular weight excluding hydrogens is 328 g/mol. The molecule has 0 fully saturated rings. The molecule has 2 aliphatic rings. The lowest BCUT2D eigenvalue weighted by atomic mass is 9.91. The summed E-state index contributed by atoms with van der Waals surface area (Å²) >= 11 is 0. The highest BCUT2D eigenvalue weighted by Crippen LogP contribution is 2.26. The van der Waals surface area contributed by atoms with Crippen LogP contribution in [0.15, 0.2) is 35.5 Å². The van der Waals surface area contributed by atoms with Gasteiger partial charge in [0.25, 0.3) is 0 Å². The summed E-state index contributed by atoms with van der Waals surface area (Å²) in [5.74, 6) is -2.53. The number of methoxy groups -OCH3 is 1. The maximum absolute atomic E-state index is 12.2. The summed E-state index contributed by atoms with van der Waals surface area (Å²) in [6.07, 6.45) is 4.99. The van der Waals surface area contributed by atoms with Gasteiger partial charge in [-0.15, -0.1) is 0 Å². The van der Waals surface area contributed by atoms with Crippen molar-refractivity contribution in [2.24, 2.45) is 0 Å². The number of rotatable bonds is 1. The molecule has 1 aliphatic heterocycles. The minimum Gasteiger partial charge on any atom is -0.465 e. The molecule has 0 saturated heterocycles. The molecule has 0 amide bonds.